The molecule has 3 heterocycles. The summed E-state index contributed by atoms with van der Waals surface area (Å²) < 4.78 is 26.8. The molecule has 1 aromatic heterocycles. The fraction of sp³-hybridized carbons (Fsp3) is 0.552. The van der Waals surface area contributed by atoms with Gasteiger partial charge in [-0.2, -0.15) is 0 Å². The van der Waals surface area contributed by atoms with Gasteiger partial charge in [0.25, 0.3) is 17.9 Å². The summed E-state index contributed by atoms with van der Waals surface area (Å²) >= 11 is 0. The van der Waals surface area contributed by atoms with Crippen molar-refractivity contribution in [3.05, 3.63) is 53.7 Å². The van der Waals surface area contributed by atoms with Gasteiger partial charge in [0.05, 0.1) is 24.2 Å². The quantitative estimate of drug-likeness (QED) is 0.535. The average Bonchev–Trinajstić information content (AvgIpc) is 2.87. The highest BCUT2D eigenvalue weighted by Gasteiger charge is 2.49. The number of hydrogen-bond acceptors (Lipinski definition) is 6. The van der Waals surface area contributed by atoms with E-state index in [1.807, 2.05) is 56.9 Å². The van der Waals surface area contributed by atoms with E-state index in [2.05, 4.69) is 9.88 Å². The zero-order chi connectivity index (χ0) is 28.6. The molecule has 8 nitrogen and oxygen atoms in total. The molecule has 2 fully saturated rings. The minimum atomic E-state index is -2.62. The number of quaternary nitrogens is 1. The summed E-state index contributed by atoms with van der Waals surface area (Å²) in [7, 11) is 1.70. The number of benzene rings is 1. The SMILES string of the molecule is C[C@H]1CN(Cc2ccc(N(C)C(=O)c3ccc(N4CCC(F)(F)CC4)nc3)cc2)CC[N+]1(C(=O)[O-])C(C)(C)C. The van der Waals surface area contributed by atoms with Gasteiger partial charge in [0.15, 0.2) is 0 Å². The number of aromatic nitrogens is 1. The molecule has 2 amide bonds. The van der Waals surface area contributed by atoms with Crippen molar-refractivity contribution in [1.29, 1.82) is 0 Å². The number of hydrogen-bond donors (Lipinski definition) is 0. The maximum absolute atomic E-state index is 13.4. The Bertz CT molecular complexity index is 1170. The standard InChI is InChI=1S/C29H39F2N5O3/c1-21-19-34(16-17-36(21,27(38)39)28(2,3)4)20-22-6-9-24(10-7-22)33(5)26(37)23-8-11-25(32-18-23)35-14-12-29(30,31)13-15-35/h6-11,18,21H,12-17,19-20H2,1-5H3/t21-,36?/m0/s1. The molecule has 0 N–H and O–H groups in total. The molecule has 10 heteroatoms. The summed E-state index contributed by atoms with van der Waals surface area (Å²) in [6.45, 7) is 10.8. The van der Waals surface area contributed by atoms with E-state index in [0.29, 0.717) is 37.6 Å². The van der Waals surface area contributed by atoms with Gasteiger partial charge >= 0.3 is 0 Å². The van der Waals surface area contributed by atoms with E-state index in [-0.39, 0.29) is 42.4 Å². The van der Waals surface area contributed by atoms with Crippen molar-refractivity contribution in [3.8, 4) is 0 Å². The van der Waals surface area contributed by atoms with Gasteiger partial charge in [0.2, 0.25) is 0 Å². The van der Waals surface area contributed by atoms with E-state index in [1.54, 1.807) is 24.1 Å². The van der Waals surface area contributed by atoms with E-state index in [1.165, 1.54) is 6.20 Å². The van der Waals surface area contributed by atoms with Crippen LogP contribution in [-0.4, -0.2) is 83.6 Å². The van der Waals surface area contributed by atoms with Crippen LogP contribution < -0.4 is 14.9 Å². The first-order valence-electron chi connectivity index (χ1n) is 13.5. The second-order valence-corrected chi connectivity index (χ2v) is 11.9. The Morgan fingerprint density at radius 2 is 1.74 bits per heavy atom. The van der Waals surface area contributed by atoms with Gasteiger partial charge in [-0.25, -0.2) is 13.8 Å². The Morgan fingerprint density at radius 3 is 2.26 bits per heavy atom. The van der Waals surface area contributed by atoms with Gasteiger partial charge in [0.1, 0.15) is 11.9 Å². The second-order valence-electron chi connectivity index (χ2n) is 11.9. The highest BCUT2D eigenvalue weighted by molar-refractivity contribution is 6.05. The van der Waals surface area contributed by atoms with Crippen LogP contribution in [0.1, 0.15) is 56.5 Å². The number of halogens is 2. The molecule has 0 radical (unpaired) electrons. The Morgan fingerprint density at radius 1 is 1.10 bits per heavy atom. The lowest BCUT2D eigenvalue weighted by molar-refractivity contribution is -0.943. The monoisotopic (exact) mass is 543 g/mol. The maximum Gasteiger partial charge on any atom is 0.259 e. The first kappa shape index (κ1) is 28.9. The Hall–Kier alpha value is -3.11. The van der Waals surface area contributed by atoms with E-state index in [4.69, 9.17) is 0 Å². The highest BCUT2D eigenvalue weighted by atomic mass is 19.3. The highest BCUT2D eigenvalue weighted by Crippen LogP contribution is 2.32. The fourth-order valence-electron chi connectivity index (χ4n) is 5.97. The van der Waals surface area contributed by atoms with Crippen LogP contribution in [0, 0.1) is 0 Å². The first-order chi connectivity index (χ1) is 18.2. The van der Waals surface area contributed by atoms with Gasteiger partial charge in [0, 0.05) is 58.0 Å². The van der Waals surface area contributed by atoms with Crippen LogP contribution >= 0.6 is 0 Å². The van der Waals surface area contributed by atoms with Gasteiger partial charge in [-0.3, -0.25) is 14.2 Å². The zero-order valence-corrected chi connectivity index (χ0v) is 23.5. The van der Waals surface area contributed by atoms with Crippen LogP contribution in [-0.2, 0) is 6.54 Å². The molecule has 1 aromatic carbocycles. The summed E-state index contributed by atoms with van der Waals surface area (Å²) in [4.78, 5) is 35.2. The van der Waals surface area contributed by atoms with Crippen molar-refractivity contribution in [3.63, 3.8) is 0 Å². The molecule has 0 spiro atoms. The topological polar surface area (TPSA) is 79.8 Å². The molecule has 2 saturated heterocycles. The zero-order valence-electron chi connectivity index (χ0n) is 23.5. The lowest BCUT2D eigenvalue weighted by Gasteiger charge is -2.55. The molecule has 4 rings (SSSR count). The number of carboxylic acid groups (broad SMARTS) is 1. The maximum atomic E-state index is 13.4. The van der Waals surface area contributed by atoms with Crippen molar-refractivity contribution in [1.82, 2.24) is 9.88 Å². The number of rotatable bonds is 5. The molecular weight excluding hydrogens is 504 g/mol. The van der Waals surface area contributed by atoms with Gasteiger partial charge < -0.3 is 19.7 Å². The molecule has 0 bridgehead atoms. The number of carbonyl (C=O) groups is 2. The second kappa shape index (κ2) is 10.8. The smallest absolute Gasteiger partial charge is 0.259 e. The van der Waals surface area contributed by atoms with Gasteiger partial charge in [-0.15, -0.1) is 0 Å². The van der Waals surface area contributed by atoms with Crippen molar-refractivity contribution >= 4 is 23.5 Å². The van der Waals surface area contributed by atoms with Crippen molar-refractivity contribution < 1.29 is 28.0 Å². The Balaban J connectivity index is 1.35. The average molecular weight is 544 g/mol. The van der Waals surface area contributed by atoms with Gasteiger partial charge in [-0.1, -0.05) is 12.1 Å². The molecule has 212 valence electrons. The fourth-order valence-corrected chi connectivity index (χ4v) is 5.97. The third-order valence-electron chi connectivity index (χ3n) is 8.41. The first-order valence-corrected chi connectivity index (χ1v) is 13.5. The largest absolute Gasteiger partial charge is 0.498 e. The van der Waals surface area contributed by atoms with Crippen LogP contribution in [0.2, 0.25) is 0 Å². The molecule has 2 atom stereocenters. The van der Waals surface area contributed by atoms with Crippen molar-refractivity contribution in [2.75, 3.05) is 49.6 Å². The predicted octanol–water partition coefficient (Wildman–Crippen LogP) is 3.76. The van der Waals surface area contributed by atoms with Crippen LogP contribution in [0.15, 0.2) is 42.6 Å². The molecule has 2 aliphatic heterocycles. The molecule has 2 aromatic rings. The number of carbonyl (C=O) groups excluding carboxylic acids is 2. The molecule has 0 saturated carbocycles. The molecular formula is C29H39F2N5O3. The lowest BCUT2D eigenvalue weighted by atomic mass is 9.95. The van der Waals surface area contributed by atoms with E-state index < -0.39 is 17.6 Å². The minimum absolute atomic E-state index is 0.0564. The van der Waals surface area contributed by atoms with E-state index >= 15 is 0 Å². The predicted molar refractivity (Wildman–Crippen MR) is 145 cm³/mol. The Kier molecular flexibility index (Phi) is 8.01. The summed E-state index contributed by atoms with van der Waals surface area (Å²) in [5.41, 5.74) is 1.78. The minimum Gasteiger partial charge on any atom is -0.498 e. The molecule has 1 unspecified atom stereocenters. The van der Waals surface area contributed by atoms with Crippen LogP contribution in [0.5, 0.6) is 0 Å². The summed E-state index contributed by atoms with van der Waals surface area (Å²) in [5, 5.41) is 12.1. The number of nitrogens with zero attached hydrogens (tertiary/aromatic N) is 5. The van der Waals surface area contributed by atoms with Crippen molar-refractivity contribution in [2.45, 2.75) is 64.6 Å². The third-order valence-corrected chi connectivity index (χ3v) is 8.41. The van der Waals surface area contributed by atoms with Crippen LogP contribution in [0.4, 0.5) is 25.1 Å². The van der Waals surface area contributed by atoms with Crippen molar-refractivity contribution in [2.24, 2.45) is 0 Å². The molecule has 2 aliphatic rings. The number of amides is 2. The number of anilines is 2. The van der Waals surface area contributed by atoms with Crippen LogP contribution in [0.3, 0.4) is 0 Å². The lowest BCUT2D eigenvalue weighted by Crippen LogP contribution is -2.76. The molecule has 39 heavy (non-hydrogen) atoms. The number of pyridine rings is 1. The summed E-state index contributed by atoms with van der Waals surface area (Å²) in [6, 6.07) is 11.0. The van der Waals surface area contributed by atoms with E-state index in [0.717, 1.165) is 11.3 Å². The van der Waals surface area contributed by atoms with Crippen LogP contribution in [0.25, 0.3) is 0 Å². The summed E-state index contributed by atoms with van der Waals surface area (Å²) in [6.07, 6.45) is 0.0893. The number of piperidine rings is 1. The number of piperazine rings is 1. The normalized spacial score (nSPS) is 23.9. The third kappa shape index (κ3) is 5.91. The van der Waals surface area contributed by atoms with E-state index in [9.17, 15) is 23.5 Å². The molecule has 0 aliphatic carbocycles. The van der Waals surface area contributed by atoms with Gasteiger partial charge in [-0.05, 0) is 57.5 Å². The Labute approximate surface area is 229 Å². The summed E-state index contributed by atoms with van der Waals surface area (Å²) in [5.74, 6) is -2.23. The number of alkyl halides is 2.